The first-order valence-corrected chi connectivity index (χ1v) is 4.58. The summed E-state index contributed by atoms with van der Waals surface area (Å²) in [7, 11) is 0. The third-order valence-electron chi connectivity index (χ3n) is 2.72. The maximum atomic E-state index is 5.96. The number of hydrogen-bond acceptors (Lipinski definition) is 2. The van der Waals surface area contributed by atoms with Crippen LogP contribution in [0.25, 0.3) is 0 Å². The van der Waals surface area contributed by atoms with Gasteiger partial charge in [0.1, 0.15) is 0 Å². The van der Waals surface area contributed by atoms with Crippen molar-refractivity contribution in [3.63, 3.8) is 0 Å². The van der Waals surface area contributed by atoms with Gasteiger partial charge in [0, 0.05) is 12.6 Å². The van der Waals surface area contributed by atoms with E-state index >= 15 is 0 Å². The molecule has 1 fully saturated rings. The number of ether oxygens (including phenoxy) is 1. The van der Waals surface area contributed by atoms with Crippen LogP contribution in [-0.2, 0) is 4.74 Å². The van der Waals surface area contributed by atoms with Crippen molar-refractivity contribution in [2.24, 2.45) is 5.73 Å². The van der Waals surface area contributed by atoms with Gasteiger partial charge in [-0.1, -0.05) is 6.92 Å². The third kappa shape index (κ3) is 1.94. The fourth-order valence-electron chi connectivity index (χ4n) is 1.68. The van der Waals surface area contributed by atoms with E-state index in [1.807, 2.05) is 0 Å². The minimum Gasteiger partial charge on any atom is -0.374 e. The predicted molar refractivity (Wildman–Crippen MR) is 46.5 cm³/mol. The summed E-state index contributed by atoms with van der Waals surface area (Å²) in [5.41, 5.74) is 5.92. The molecular weight excluding hydrogens is 138 g/mol. The summed E-state index contributed by atoms with van der Waals surface area (Å²) in [4.78, 5) is 0. The van der Waals surface area contributed by atoms with Crippen molar-refractivity contribution >= 4 is 0 Å². The molecule has 11 heavy (non-hydrogen) atoms. The molecular formula is C9H19NO. The molecule has 0 saturated carbocycles. The molecule has 1 unspecified atom stereocenters. The highest BCUT2D eigenvalue weighted by Gasteiger charge is 2.33. The largest absolute Gasteiger partial charge is 0.374 e. The zero-order chi connectivity index (χ0) is 8.32. The summed E-state index contributed by atoms with van der Waals surface area (Å²) in [5.74, 6) is 0. The van der Waals surface area contributed by atoms with Gasteiger partial charge in [0.25, 0.3) is 0 Å². The second-order valence-electron chi connectivity index (χ2n) is 3.63. The fourth-order valence-corrected chi connectivity index (χ4v) is 1.68. The van der Waals surface area contributed by atoms with Gasteiger partial charge >= 0.3 is 0 Å². The molecule has 66 valence electrons. The first-order valence-electron chi connectivity index (χ1n) is 4.58. The molecule has 2 nitrogen and oxygen atoms in total. The third-order valence-corrected chi connectivity index (χ3v) is 2.72. The Bertz CT molecular complexity index is 119. The molecule has 2 atom stereocenters. The van der Waals surface area contributed by atoms with E-state index in [0.717, 1.165) is 19.4 Å². The zero-order valence-corrected chi connectivity index (χ0v) is 7.60. The topological polar surface area (TPSA) is 35.2 Å². The van der Waals surface area contributed by atoms with Crippen molar-refractivity contribution < 1.29 is 4.74 Å². The lowest BCUT2D eigenvalue weighted by atomic mass is 9.87. The van der Waals surface area contributed by atoms with Crippen LogP contribution < -0.4 is 5.73 Å². The Balaban J connectivity index is 2.49. The Morgan fingerprint density at radius 3 is 2.73 bits per heavy atom. The molecule has 0 aliphatic carbocycles. The van der Waals surface area contributed by atoms with Crippen LogP contribution in [0, 0.1) is 0 Å². The maximum Gasteiger partial charge on any atom is 0.0804 e. The molecule has 1 aliphatic rings. The minimum atomic E-state index is -0.0347. The van der Waals surface area contributed by atoms with Gasteiger partial charge in [-0.15, -0.1) is 0 Å². The van der Waals surface area contributed by atoms with Crippen LogP contribution in [0.5, 0.6) is 0 Å². The van der Waals surface area contributed by atoms with Crippen LogP contribution in [-0.4, -0.2) is 18.2 Å². The average molecular weight is 157 g/mol. The van der Waals surface area contributed by atoms with Gasteiger partial charge in [0.05, 0.1) is 5.60 Å². The van der Waals surface area contributed by atoms with E-state index in [-0.39, 0.29) is 11.6 Å². The van der Waals surface area contributed by atoms with Crippen LogP contribution in [0.3, 0.4) is 0 Å². The molecule has 0 radical (unpaired) electrons. The molecule has 0 amide bonds. The Hall–Kier alpha value is -0.0800. The second-order valence-corrected chi connectivity index (χ2v) is 3.63. The van der Waals surface area contributed by atoms with Gasteiger partial charge in [-0.25, -0.2) is 0 Å². The Labute approximate surface area is 69.1 Å². The summed E-state index contributed by atoms with van der Waals surface area (Å²) < 4.78 is 5.69. The predicted octanol–water partition coefficient (Wildman–Crippen LogP) is 1.68. The highest BCUT2D eigenvalue weighted by Crippen LogP contribution is 2.27. The Kier molecular flexibility index (Phi) is 2.90. The van der Waals surface area contributed by atoms with Crippen molar-refractivity contribution in [2.45, 2.75) is 51.2 Å². The Morgan fingerprint density at radius 1 is 1.55 bits per heavy atom. The summed E-state index contributed by atoms with van der Waals surface area (Å²) in [5, 5.41) is 0. The van der Waals surface area contributed by atoms with E-state index in [1.54, 1.807) is 0 Å². The number of nitrogens with two attached hydrogens (primary N) is 1. The smallest absolute Gasteiger partial charge is 0.0804 e. The van der Waals surface area contributed by atoms with Crippen LogP contribution in [0.2, 0.25) is 0 Å². The van der Waals surface area contributed by atoms with Gasteiger partial charge < -0.3 is 10.5 Å². The molecule has 1 aliphatic heterocycles. The van der Waals surface area contributed by atoms with E-state index in [1.165, 1.54) is 12.8 Å². The maximum absolute atomic E-state index is 5.96. The van der Waals surface area contributed by atoms with Gasteiger partial charge in [0.2, 0.25) is 0 Å². The average Bonchev–Trinajstić information content (AvgIpc) is 2.04. The normalized spacial score (nSPS) is 35.2. The number of hydrogen-bond donors (Lipinski definition) is 1. The molecule has 2 heteroatoms. The fraction of sp³-hybridized carbons (Fsp3) is 1.00. The van der Waals surface area contributed by atoms with Crippen molar-refractivity contribution in [1.29, 1.82) is 0 Å². The molecule has 0 aromatic heterocycles. The second kappa shape index (κ2) is 3.55. The van der Waals surface area contributed by atoms with E-state index in [2.05, 4.69) is 13.8 Å². The van der Waals surface area contributed by atoms with Gasteiger partial charge in [0.15, 0.2) is 0 Å². The standard InChI is InChI=1S/C9H19NO/c1-3-8(10)9(2)6-4-5-7-11-9/h8H,3-7,10H2,1-2H3/t8-,9?/m0/s1. The summed E-state index contributed by atoms with van der Waals surface area (Å²) in [6.45, 7) is 5.15. The highest BCUT2D eigenvalue weighted by molar-refractivity contribution is 4.88. The zero-order valence-electron chi connectivity index (χ0n) is 7.60. The SMILES string of the molecule is CC[C@H](N)C1(C)CCCCO1. The molecule has 0 aromatic carbocycles. The summed E-state index contributed by atoms with van der Waals surface area (Å²) in [6, 6.07) is 0.211. The van der Waals surface area contributed by atoms with E-state index in [9.17, 15) is 0 Å². The molecule has 0 aromatic rings. The van der Waals surface area contributed by atoms with Crippen LogP contribution in [0.1, 0.15) is 39.5 Å². The molecule has 1 saturated heterocycles. The lowest BCUT2D eigenvalue weighted by Crippen LogP contribution is -2.49. The summed E-state index contributed by atoms with van der Waals surface area (Å²) >= 11 is 0. The van der Waals surface area contributed by atoms with Crippen LogP contribution >= 0.6 is 0 Å². The summed E-state index contributed by atoms with van der Waals surface area (Å²) in [6.07, 6.45) is 4.61. The lowest BCUT2D eigenvalue weighted by molar-refractivity contribution is -0.0815. The van der Waals surface area contributed by atoms with Crippen LogP contribution in [0.15, 0.2) is 0 Å². The highest BCUT2D eigenvalue weighted by atomic mass is 16.5. The molecule has 1 heterocycles. The Morgan fingerprint density at radius 2 is 2.27 bits per heavy atom. The van der Waals surface area contributed by atoms with Gasteiger partial charge in [-0.3, -0.25) is 0 Å². The van der Waals surface area contributed by atoms with Crippen LogP contribution in [0.4, 0.5) is 0 Å². The van der Waals surface area contributed by atoms with Crippen molar-refractivity contribution in [3.05, 3.63) is 0 Å². The van der Waals surface area contributed by atoms with E-state index in [4.69, 9.17) is 10.5 Å². The van der Waals surface area contributed by atoms with Gasteiger partial charge in [-0.2, -0.15) is 0 Å². The number of rotatable bonds is 2. The first-order chi connectivity index (χ1) is 5.19. The monoisotopic (exact) mass is 157 g/mol. The minimum absolute atomic E-state index is 0.0347. The molecule has 2 N–H and O–H groups in total. The van der Waals surface area contributed by atoms with Crippen molar-refractivity contribution in [3.8, 4) is 0 Å². The quantitative estimate of drug-likeness (QED) is 0.662. The molecule has 0 spiro atoms. The molecule has 1 rings (SSSR count). The lowest BCUT2D eigenvalue weighted by Gasteiger charge is -2.38. The first kappa shape index (κ1) is 9.01. The van der Waals surface area contributed by atoms with Crippen molar-refractivity contribution in [2.75, 3.05) is 6.61 Å². The van der Waals surface area contributed by atoms with Crippen molar-refractivity contribution in [1.82, 2.24) is 0 Å². The van der Waals surface area contributed by atoms with E-state index in [0.29, 0.717) is 0 Å². The van der Waals surface area contributed by atoms with Gasteiger partial charge in [-0.05, 0) is 32.6 Å². The molecule has 0 bridgehead atoms. The van der Waals surface area contributed by atoms with E-state index < -0.39 is 0 Å².